The Kier molecular flexibility index (Phi) is 19.5. The molecule has 2 aliphatic rings. The van der Waals surface area contributed by atoms with E-state index in [-0.39, 0.29) is 56.4 Å². The normalized spacial score (nSPS) is 23.6. The molecule has 4 atom stereocenters. The van der Waals surface area contributed by atoms with Crippen LogP contribution in [0.5, 0.6) is 0 Å². The number of rotatable bonds is 24. The Morgan fingerprint density at radius 3 is 1.63 bits per heavy atom. The first-order valence-corrected chi connectivity index (χ1v) is 20.3. The van der Waals surface area contributed by atoms with Crippen LogP contribution in [-0.4, -0.2) is 100 Å². The van der Waals surface area contributed by atoms with Crippen molar-refractivity contribution >= 4 is 35.8 Å². The van der Waals surface area contributed by atoms with Crippen LogP contribution in [0.2, 0.25) is 0 Å². The Balaban J connectivity index is 1.78. The van der Waals surface area contributed by atoms with Gasteiger partial charge in [-0.1, -0.05) is 54.7 Å². The van der Waals surface area contributed by atoms with Gasteiger partial charge in [0.05, 0.1) is 6.61 Å². The molecule has 0 aliphatic heterocycles. The van der Waals surface area contributed by atoms with Gasteiger partial charge in [-0.15, -0.1) is 0 Å². The summed E-state index contributed by atoms with van der Waals surface area (Å²) >= 11 is 0. The number of amides is 3. The molecule has 0 aromatic heterocycles. The average Bonchev–Trinajstić information content (AvgIpc) is 3.13. The molecule has 2 fully saturated rings. The lowest BCUT2D eigenvalue weighted by atomic mass is 9.59. The second kappa shape index (κ2) is 22.6. The number of ether oxygens (including phenoxy) is 5. The minimum absolute atomic E-state index is 0.135. The number of alkyl halides is 4. The van der Waals surface area contributed by atoms with Crippen molar-refractivity contribution < 1.29 is 70.0 Å². The van der Waals surface area contributed by atoms with Gasteiger partial charge in [-0.3, -0.25) is 9.59 Å². The molecule has 3 amide bonds. The van der Waals surface area contributed by atoms with Gasteiger partial charge in [0.25, 0.3) is 5.92 Å². The Bertz CT molecular complexity index is 1530. The summed E-state index contributed by atoms with van der Waals surface area (Å²) in [5, 5.41) is 8.17. The summed E-state index contributed by atoms with van der Waals surface area (Å²) in [6.07, 6.45) is -4.24. The fraction of sp³-hybridized carbons (Fsp3) is 0.762. The highest BCUT2D eigenvalue weighted by atomic mass is 19.3. The van der Waals surface area contributed by atoms with Crippen molar-refractivity contribution in [2.75, 3.05) is 46.1 Å². The summed E-state index contributed by atoms with van der Waals surface area (Å²) < 4.78 is 83.1. The zero-order chi connectivity index (χ0) is 45.4. The zero-order valence-corrected chi connectivity index (χ0v) is 36.0. The Morgan fingerprint density at radius 1 is 0.633 bits per heavy atom. The minimum atomic E-state index is -3.84. The maximum Gasteiger partial charge on any atom is 0.407 e. The number of carbonyl (C=O) groups is 6. The predicted octanol–water partition coefficient (Wildman–Crippen LogP) is 7.20. The fourth-order valence-corrected chi connectivity index (χ4v) is 8.83. The number of Topliss-reactive ketones (excluding diaryl/α,β-unsaturated/α-hetero) is 1. The number of ketones is 1. The van der Waals surface area contributed by atoms with Crippen LogP contribution in [0.15, 0.2) is 25.3 Å². The molecule has 0 aromatic rings. The molecule has 342 valence electrons. The number of hydrogen-bond donors (Lipinski definition) is 3. The van der Waals surface area contributed by atoms with Gasteiger partial charge in [0.1, 0.15) is 32.2 Å². The van der Waals surface area contributed by atoms with E-state index in [1.54, 1.807) is 0 Å². The van der Waals surface area contributed by atoms with Crippen molar-refractivity contribution in [2.24, 2.45) is 27.6 Å². The fourth-order valence-electron chi connectivity index (χ4n) is 8.83. The van der Waals surface area contributed by atoms with Crippen molar-refractivity contribution in [3.8, 4) is 0 Å². The molecular weight excluding hydrogens is 798 g/mol. The van der Waals surface area contributed by atoms with Crippen molar-refractivity contribution in [1.29, 1.82) is 0 Å². The molecule has 0 bridgehead atoms. The minimum Gasteiger partial charge on any atom is -0.459 e. The molecule has 2 aliphatic carbocycles. The number of nitrogens with one attached hydrogen (secondary N) is 3. The second-order valence-electron chi connectivity index (χ2n) is 18.4. The quantitative estimate of drug-likeness (QED) is 0.0293. The molecule has 0 aromatic carbocycles. The smallest absolute Gasteiger partial charge is 0.407 e. The van der Waals surface area contributed by atoms with E-state index in [0.29, 0.717) is 38.5 Å². The number of carbonyl (C=O) groups excluding carboxylic acids is 6. The van der Waals surface area contributed by atoms with Crippen LogP contribution in [-0.2, 0) is 42.9 Å². The number of esters is 2. The Hall–Kier alpha value is -4.22. The molecule has 18 heteroatoms. The van der Waals surface area contributed by atoms with Crippen molar-refractivity contribution in [3.63, 3.8) is 0 Å². The first-order valence-electron chi connectivity index (χ1n) is 20.3. The van der Waals surface area contributed by atoms with E-state index < -0.39 is 103 Å². The van der Waals surface area contributed by atoms with Gasteiger partial charge < -0.3 is 39.6 Å². The summed E-state index contributed by atoms with van der Waals surface area (Å²) in [7, 11) is 0. The van der Waals surface area contributed by atoms with Crippen LogP contribution in [0.1, 0.15) is 112 Å². The Labute approximate surface area is 350 Å². The summed E-state index contributed by atoms with van der Waals surface area (Å²) in [6, 6.07) is -0.372. The van der Waals surface area contributed by atoms with Gasteiger partial charge in [-0.05, 0) is 60.2 Å². The van der Waals surface area contributed by atoms with Crippen LogP contribution < -0.4 is 16.0 Å². The second-order valence-corrected chi connectivity index (χ2v) is 18.4. The van der Waals surface area contributed by atoms with Crippen LogP contribution in [0.3, 0.4) is 0 Å². The molecule has 0 heterocycles. The average molecular weight is 864 g/mol. The molecule has 0 saturated heterocycles. The standard InChI is InChI=1S/C42H65F4N3O11/c1-9-33(52)56-17-19-58-35(54)47-27-39(7)22-29(21-37(3,4)25-39)31(50)11-14-42(45,46)60-16-15-41(43,44)13-12-32(51)49-30-23-38(5,6)26-40(8,24-30)28-48-36(55)59-20-18-57-34(53)10-2/h9-10,29-30H,1-2,11-28H2,3-8H3,(H,47,54)(H,48,55)(H,49,51). The van der Waals surface area contributed by atoms with E-state index in [1.165, 1.54) is 0 Å². The van der Waals surface area contributed by atoms with Crippen LogP contribution in [0, 0.1) is 27.6 Å². The lowest BCUT2D eigenvalue weighted by Gasteiger charge is -2.47. The van der Waals surface area contributed by atoms with Crippen LogP contribution in [0.25, 0.3) is 0 Å². The van der Waals surface area contributed by atoms with E-state index in [9.17, 15) is 46.3 Å². The summed E-state index contributed by atoms with van der Waals surface area (Å²) in [5.41, 5.74) is -1.65. The van der Waals surface area contributed by atoms with E-state index in [1.807, 2.05) is 41.5 Å². The maximum absolute atomic E-state index is 14.8. The van der Waals surface area contributed by atoms with Crippen molar-refractivity contribution in [2.45, 2.75) is 130 Å². The molecule has 2 rings (SSSR count). The van der Waals surface area contributed by atoms with Gasteiger partial charge in [0.2, 0.25) is 5.91 Å². The number of hydrogen-bond acceptors (Lipinski definition) is 11. The highest BCUT2D eigenvalue weighted by Gasteiger charge is 2.45. The molecule has 3 N–H and O–H groups in total. The SMILES string of the molecule is C=CC(=O)OCCOC(=O)NCC1(C)CC(NC(=O)CCC(F)(F)CCOC(F)(F)CCC(=O)C2CC(C)(C)CC(C)(CNC(=O)OCCOC(=O)C=C)C2)CC(C)(C)C1. The predicted molar refractivity (Wildman–Crippen MR) is 212 cm³/mol. The third-order valence-electron chi connectivity index (χ3n) is 10.6. The highest BCUT2D eigenvalue weighted by Crippen LogP contribution is 2.49. The van der Waals surface area contributed by atoms with Crippen LogP contribution >= 0.6 is 0 Å². The van der Waals surface area contributed by atoms with Gasteiger partial charge in [-0.25, -0.2) is 28.0 Å². The summed E-state index contributed by atoms with van der Waals surface area (Å²) in [6.45, 7) is 17.0. The van der Waals surface area contributed by atoms with Gasteiger partial charge in [-0.2, -0.15) is 8.78 Å². The lowest BCUT2D eigenvalue weighted by molar-refractivity contribution is -0.248. The molecule has 4 unspecified atom stereocenters. The molecule has 0 spiro atoms. The largest absolute Gasteiger partial charge is 0.459 e. The first-order chi connectivity index (χ1) is 27.7. The number of alkyl carbamates (subject to hydrolysis) is 2. The third kappa shape index (κ3) is 20.4. The third-order valence-corrected chi connectivity index (χ3v) is 10.6. The molecule has 60 heavy (non-hydrogen) atoms. The molecule has 2 saturated carbocycles. The van der Waals surface area contributed by atoms with Crippen molar-refractivity contribution in [1.82, 2.24) is 16.0 Å². The summed E-state index contributed by atoms with van der Waals surface area (Å²) in [4.78, 5) is 72.6. The lowest BCUT2D eigenvalue weighted by Crippen LogP contribution is -2.50. The maximum atomic E-state index is 14.8. The number of halogens is 4. The molecule has 0 radical (unpaired) electrons. The van der Waals surface area contributed by atoms with Crippen molar-refractivity contribution in [3.05, 3.63) is 25.3 Å². The monoisotopic (exact) mass is 863 g/mol. The zero-order valence-electron chi connectivity index (χ0n) is 36.0. The molecule has 14 nitrogen and oxygen atoms in total. The Morgan fingerprint density at radius 2 is 1.12 bits per heavy atom. The van der Waals surface area contributed by atoms with E-state index in [2.05, 4.69) is 33.8 Å². The molecular formula is C42H65F4N3O11. The first kappa shape index (κ1) is 51.9. The highest BCUT2D eigenvalue weighted by molar-refractivity contribution is 5.82. The van der Waals surface area contributed by atoms with Gasteiger partial charge in [0.15, 0.2) is 0 Å². The van der Waals surface area contributed by atoms with Gasteiger partial charge in [0, 0.05) is 69.3 Å². The van der Waals surface area contributed by atoms with E-state index >= 15 is 0 Å². The van der Waals surface area contributed by atoms with E-state index in [4.69, 9.17) is 18.9 Å². The van der Waals surface area contributed by atoms with Crippen LogP contribution in [0.4, 0.5) is 27.2 Å². The van der Waals surface area contributed by atoms with E-state index in [0.717, 1.165) is 12.2 Å². The topological polar surface area (TPSA) is 185 Å². The van der Waals surface area contributed by atoms with Gasteiger partial charge >= 0.3 is 30.2 Å². The summed E-state index contributed by atoms with van der Waals surface area (Å²) in [5.74, 6) is -6.39.